The minimum Gasteiger partial charge on any atom is -0.375 e. The van der Waals surface area contributed by atoms with Gasteiger partial charge in [-0.15, -0.1) is 11.8 Å². The van der Waals surface area contributed by atoms with Crippen LogP contribution in [0.5, 0.6) is 0 Å². The lowest BCUT2D eigenvalue weighted by Gasteiger charge is -2.33. The summed E-state index contributed by atoms with van der Waals surface area (Å²) in [6.07, 6.45) is 8.21. The molecule has 1 saturated carbocycles. The van der Waals surface area contributed by atoms with E-state index in [1.807, 2.05) is 6.07 Å². The van der Waals surface area contributed by atoms with Gasteiger partial charge in [-0.05, 0) is 42.9 Å². The fourth-order valence-electron chi connectivity index (χ4n) is 5.66. The van der Waals surface area contributed by atoms with Crippen LogP contribution in [0, 0.1) is 5.92 Å². The van der Waals surface area contributed by atoms with E-state index in [0.29, 0.717) is 24.0 Å². The standard InChI is InChI=1S/C29H44N4O4S2/c1-37-19-26(34)33-16-17-39-29(33)28(36)31-25(21-38-20-23-10-6-3-7-11-23)27(35)30-24-12-14-32(15-13-24)18-22-8-4-2-5-9-22/h2,4-5,8-9,23-25,29H,3,6-7,10-21H2,1H3,(H,30,35)(H,31,36)/t25-,29?/m0/s1. The maximum Gasteiger partial charge on any atom is 0.253 e. The molecule has 0 bridgehead atoms. The molecule has 2 heterocycles. The van der Waals surface area contributed by atoms with Gasteiger partial charge in [0.1, 0.15) is 12.6 Å². The minimum absolute atomic E-state index is 0.0472. The molecule has 3 aliphatic rings. The summed E-state index contributed by atoms with van der Waals surface area (Å²) in [5, 5.41) is 5.64. The Bertz CT molecular complexity index is 923. The van der Waals surface area contributed by atoms with Crippen molar-refractivity contribution in [2.75, 3.05) is 50.6 Å². The van der Waals surface area contributed by atoms with E-state index in [2.05, 4.69) is 39.8 Å². The Morgan fingerprint density at radius 3 is 2.51 bits per heavy atom. The first kappa shape index (κ1) is 30.2. The summed E-state index contributed by atoms with van der Waals surface area (Å²) < 4.78 is 5.00. The second-order valence-corrected chi connectivity index (χ2v) is 13.2. The summed E-state index contributed by atoms with van der Waals surface area (Å²) in [5.41, 5.74) is 1.31. The maximum atomic E-state index is 13.5. The average molecular weight is 577 g/mol. The van der Waals surface area contributed by atoms with Crippen LogP contribution in [0.4, 0.5) is 0 Å². The molecule has 1 aliphatic carbocycles. The van der Waals surface area contributed by atoms with Crippen molar-refractivity contribution in [3.63, 3.8) is 0 Å². The monoisotopic (exact) mass is 576 g/mol. The Kier molecular flexibility index (Phi) is 12.3. The number of nitrogens with one attached hydrogen (secondary N) is 2. The van der Waals surface area contributed by atoms with Crippen LogP contribution in [-0.2, 0) is 25.7 Å². The number of methoxy groups -OCH3 is 1. The molecule has 2 N–H and O–H groups in total. The topological polar surface area (TPSA) is 91.0 Å². The fraction of sp³-hybridized carbons (Fsp3) is 0.690. The average Bonchev–Trinajstić information content (AvgIpc) is 3.45. The lowest BCUT2D eigenvalue weighted by Crippen LogP contribution is -2.56. The minimum atomic E-state index is -0.618. The molecule has 2 aliphatic heterocycles. The van der Waals surface area contributed by atoms with Gasteiger partial charge >= 0.3 is 0 Å². The number of hydrogen-bond donors (Lipinski definition) is 2. The highest BCUT2D eigenvalue weighted by Gasteiger charge is 2.37. The third-order valence-electron chi connectivity index (χ3n) is 7.88. The molecule has 10 heteroatoms. The van der Waals surface area contributed by atoms with Crippen molar-refractivity contribution in [1.29, 1.82) is 0 Å². The summed E-state index contributed by atoms with van der Waals surface area (Å²) in [6, 6.07) is 9.97. The Morgan fingerprint density at radius 1 is 1.05 bits per heavy atom. The second kappa shape index (κ2) is 15.9. The van der Waals surface area contributed by atoms with E-state index < -0.39 is 11.4 Å². The Hall–Kier alpha value is -1.75. The third-order valence-corrected chi connectivity index (χ3v) is 10.4. The summed E-state index contributed by atoms with van der Waals surface area (Å²) in [5.74, 6) is 2.39. The summed E-state index contributed by atoms with van der Waals surface area (Å²) in [4.78, 5) is 43.2. The molecule has 3 fully saturated rings. The van der Waals surface area contributed by atoms with Crippen LogP contribution >= 0.6 is 23.5 Å². The molecule has 216 valence electrons. The first-order valence-corrected chi connectivity index (χ1v) is 16.6. The maximum absolute atomic E-state index is 13.5. The Balaban J connectivity index is 1.31. The third kappa shape index (κ3) is 9.40. The van der Waals surface area contributed by atoms with E-state index in [9.17, 15) is 14.4 Å². The van der Waals surface area contributed by atoms with Gasteiger partial charge in [-0.1, -0.05) is 49.6 Å². The van der Waals surface area contributed by atoms with Gasteiger partial charge < -0.3 is 20.3 Å². The first-order valence-electron chi connectivity index (χ1n) is 14.4. The number of likely N-dealkylation sites (tertiary alicyclic amines) is 1. The van der Waals surface area contributed by atoms with Crippen molar-refractivity contribution in [3.05, 3.63) is 35.9 Å². The van der Waals surface area contributed by atoms with Gasteiger partial charge in [0.2, 0.25) is 11.8 Å². The van der Waals surface area contributed by atoms with Crippen LogP contribution < -0.4 is 10.6 Å². The van der Waals surface area contributed by atoms with Crippen LogP contribution in [0.2, 0.25) is 0 Å². The van der Waals surface area contributed by atoms with Gasteiger partial charge in [0.15, 0.2) is 5.37 Å². The van der Waals surface area contributed by atoms with E-state index in [1.165, 1.54) is 56.5 Å². The van der Waals surface area contributed by atoms with Gasteiger partial charge in [0, 0.05) is 50.8 Å². The number of rotatable bonds is 12. The molecule has 3 amide bonds. The van der Waals surface area contributed by atoms with Crippen LogP contribution in [0.15, 0.2) is 30.3 Å². The number of benzene rings is 1. The predicted molar refractivity (Wildman–Crippen MR) is 159 cm³/mol. The predicted octanol–water partition coefficient (Wildman–Crippen LogP) is 3.11. The van der Waals surface area contributed by atoms with Crippen molar-refractivity contribution in [1.82, 2.24) is 20.4 Å². The fourth-order valence-corrected chi connectivity index (χ4v) is 8.08. The number of thioether (sulfide) groups is 2. The van der Waals surface area contributed by atoms with Crippen molar-refractivity contribution < 1.29 is 19.1 Å². The highest BCUT2D eigenvalue weighted by atomic mass is 32.2. The number of amides is 3. The Labute approximate surface area is 241 Å². The zero-order valence-electron chi connectivity index (χ0n) is 23.1. The SMILES string of the molecule is COCC(=O)N1CCSC1C(=O)N[C@@H](CSCC1CCCCC1)C(=O)NC1CCN(Cc2ccccc2)CC1. The van der Waals surface area contributed by atoms with Crippen LogP contribution in [0.1, 0.15) is 50.5 Å². The van der Waals surface area contributed by atoms with E-state index in [4.69, 9.17) is 4.74 Å². The number of carbonyl (C=O) groups is 3. The number of nitrogens with zero attached hydrogens (tertiary/aromatic N) is 2. The van der Waals surface area contributed by atoms with Crippen molar-refractivity contribution in [2.24, 2.45) is 5.92 Å². The molecule has 1 aromatic rings. The molecule has 0 aromatic heterocycles. The molecule has 8 nitrogen and oxygen atoms in total. The molecular weight excluding hydrogens is 532 g/mol. The number of carbonyl (C=O) groups excluding carboxylic acids is 3. The van der Waals surface area contributed by atoms with E-state index in [-0.39, 0.29) is 30.4 Å². The van der Waals surface area contributed by atoms with Gasteiger partial charge in [0.25, 0.3) is 5.91 Å². The zero-order valence-corrected chi connectivity index (χ0v) is 24.8. The van der Waals surface area contributed by atoms with Gasteiger partial charge in [-0.3, -0.25) is 19.3 Å². The lowest BCUT2D eigenvalue weighted by molar-refractivity contribution is -0.140. The van der Waals surface area contributed by atoms with Crippen LogP contribution in [-0.4, -0.2) is 95.6 Å². The number of piperidine rings is 1. The highest BCUT2D eigenvalue weighted by molar-refractivity contribution is 8.00. The second-order valence-electron chi connectivity index (χ2n) is 10.9. The molecule has 0 spiro atoms. The summed E-state index contributed by atoms with van der Waals surface area (Å²) in [7, 11) is 1.48. The normalized spacial score (nSPS) is 22.0. The van der Waals surface area contributed by atoms with Crippen molar-refractivity contribution >= 4 is 41.2 Å². The smallest absolute Gasteiger partial charge is 0.253 e. The van der Waals surface area contributed by atoms with E-state index in [0.717, 1.165) is 38.2 Å². The molecule has 1 unspecified atom stereocenters. The van der Waals surface area contributed by atoms with Gasteiger partial charge in [-0.25, -0.2) is 0 Å². The largest absolute Gasteiger partial charge is 0.375 e. The van der Waals surface area contributed by atoms with Gasteiger partial charge in [-0.2, -0.15) is 11.8 Å². The molecule has 4 rings (SSSR count). The van der Waals surface area contributed by atoms with Crippen molar-refractivity contribution in [2.45, 2.75) is 68.9 Å². The number of hydrogen-bond acceptors (Lipinski definition) is 7. The van der Waals surface area contributed by atoms with Crippen LogP contribution in [0.25, 0.3) is 0 Å². The first-order chi connectivity index (χ1) is 19.0. The van der Waals surface area contributed by atoms with Crippen molar-refractivity contribution in [3.8, 4) is 0 Å². The number of ether oxygens (including phenoxy) is 1. The van der Waals surface area contributed by atoms with E-state index >= 15 is 0 Å². The molecule has 39 heavy (non-hydrogen) atoms. The molecular formula is C29H44N4O4S2. The highest BCUT2D eigenvalue weighted by Crippen LogP contribution is 2.28. The van der Waals surface area contributed by atoms with Gasteiger partial charge in [0.05, 0.1) is 0 Å². The van der Waals surface area contributed by atoms with E-state index in [1.54, 1.807) is 16.7 Å². The molecule has 1 aromatic carbocycles. The summed E-state index contributed by atoms with van der Waals surface area (Å²) >= 11 is 3.21. The van der Waals surface area contributed by atoms with Crippen LogP contribution in [0.3, 0.4) is 0 Å². The quantitative estimate of drug-likeness (QED) is 0.395. The molecule has 0 radical (unpaired) electrons. The summed E-state index contributed by atoms with van der Waals surface area (Å²) in [6.45, 7) is 3.26. The zero-order chi connectivity index (χ0) is 27.5. The molecule has 2 saturated heterocycles. The lowest BCUT2D eigenvalue weighted by atomic mass is 9.91. The Morgan fingerprint density at radius 2 is 1.79 bits per heavy atom. The molecule has 2 atom stereocenters.